The molecule has 1 aliphatic carbocycles. The molecule has 0 aromatic heterocycles. The van der Waals surface area contributed by atoms with Gasteiger partial charge in [-0.3, -0.25) is 4.79 Å². The zero-order valence-electron chi connectivity index (χ0n) is 10.7. The zero-order chi connectivity index (χ0) is 13.0. The first kappa shape index (κ1) is 13.6. The third-order valence-electron chi connectivity index (χ3n) is 3.92. The largest absolute Gasteiger partial charge is 0.468 e. The number of esters is 1. The molecule has 1 aromatic carbocycles. The van der Waals surface area contributed by atoms with E-state index in [1.54, 1.807) is 0 Å². The van der Waals surface area contributed by atoms with Crippen LogP contribution in [0.5, 0.6) is 0 Å². The number of methoxy groups -OCH3 is 1. The molecular weight excluding hydrogens is 292 g/mol. The van der Waals surface area contributed by atoms with Gasteiger partial charge in [0.15, 0.2) is 0 Å². The number of hydrogen-bond acceptors (Lipinski definition) is 2. The Morgan fingerprint density at radius 2 is 1.89 bits per heavy atom. The second-order valence-electron chi connectivity index (χ2n) is 4.92. The smallest absolute Gasteiger partial charge is 0.316 e. The number of rotatable bonds is 4. The number of benzene rings is 1. The van der Waals surface area contributed by atoms with E-state index in [1.165, 1.54) is 12.7 Å². The Labute approximate surface area is 117 Å². The molecule has 3 heteroatoms. The number of carbonyl (C=O) groups excluding carboxylic acids is 1. The van der Waals surface area contributed by atoms with Gasteiger partial charge in [0.05, 0.1) is 12.5 Å². The molecule has 2 rings (SSSR count). The van der Waals surface area contributed by atoms with Crippen molar-refractivity contribution in [2.24, 2.45) is 0 Å². The summed E-state index contributed by atoms with van der Waals surface area (Å²) in [5, 5.41) is 0.967. The van der Waals surface area contributed by atoms with Gasteiger partial charge < -0.3 is 4.74 Å². The highest BCUT2D eigenvalue weighted by Crippen LogP contribution is 2.42. The molecule has 0 amide bonds. The summed E-state index contributed by atoms with van der Waals surface area (Å²) in [6, 6.07) is 8.44. The number of alkyl halides is 1. The van der Waals surface area contributed by atoms with E-state index in [0.717, 1.165) is 43.0 Å². The number of carbonyl (C=O) groups is 1. The van der Waals surface area contributed by atoms with Gasteiger partial charge in [0, 0.05) is 5.33 Å². The van der Waals surface area contributed by atoms with Gasteiger partial charge in [0.25, 0.3) is 0 Å². The van der Waals surface area contributed by atoms with Gasteiger partial charge in [-0.05, 0) is 30.4 Å². The van der Waals surface area contributed by atoms with E-state index in [-0.39, 0.29) is 11.4 Å². The molecule has 0 heterocycles. The third-order valence-corrected chi connectivity index (χ3v) is 4.32. The molecule has 1 fully saturated rings. The van der Waals surface area contributed by atoms with Crippen molar-refractivity contribution < 1.29 is 9.53 Å². The predicted molar refractivity (Wildman–Crippen MR) is 76.1 cm³/mol. The molecule has 0 atom stereocenters. The lowest BCUT2D eigenvalue weighted by Crippen LogP contribution is -2.33. The van der Waals surface area contributed by atoms with Crippen LogP contribution in [0.15, 0.2) is 24.3 Å². The van der Waals surface area contributed by atoms with Crippen molar-refractivity contribution in [3.63, 3.8) is 0 Å². The Morgan fingerprint density at radius 3 is 2.39 bits per heavy atom. The molecule has 98 valence electrons. The Morgan fingerprint density at radius 1 is 1.28 bits per heavy atom. The molecule has 1 saturated carbocycles. The lowest BCUT2D eigenvalue weighted by atomic mass is 9.78. The minimum Gasteiger partial charge on any atom is -0.468 e. The van der Waals surface area contributed by atoms with Crippen LogP contribution in [0, 0.1) is 0 Å². The maximum atomic E-state index is 12.1. The van der Waals surface area contributed by atoms with E-state index in [1.807, 2.05) is 0 Å². The van der Waals surface area contributed by atoms with Crippen LogP contribution < -0.4 is 0 Å². The Balaban J connectivity index is 2.28. The minimum absolute atomic E-state index is 0.0757. The van der Waals surface area contributed by atoms with Crippen molar-refractivity contribution in [1.82, 2.24) is 0 Å². The monoisotopic (exact) mass is 310 g/mol. The summed E-state index contributed by atoms with van der Waals surface area (Å²) in [6.45, 7) is 0. The highest BCUT2D eigenvalue weighted by atomic mass is 79.9. The molecular formula is C15H19BrO2. The van der Waals surface area contributed by atoms with Gasteiger partial charge in [-0.2, -0.15) is 0 Å². The molecule has 18 heavy (non-hydrogen) atoms. The van der Waals surface area contributed by atoms with Crippen molar-refractivity contribution in [2.45, 2.75) is 37.5 Å². The van der Waals surface area contributed by atoms with E-state index < -0.39 is 0 Å². The first-order valence-corrected chi connectivity index (χ1v) is 7.59. The summed E-state index contributed by atoms with van der Waals surface area (Å²) in [5.41, 5.74) is 2.03. The summed E-state index contributed by atoms with van der Waals surface area (Å²) in [5.74, 6) is -0.0757. The van der Waals surface area contributed by atoms with Crippen LogP contribution in [0.25, 0.3) is 0 Å². The SMILES string of the molecule is COC(=O)C1(c2ccc(CCBr)cc2)CCCC1. The summed E-state index contributed by atoms with van der Waals surface area (Å²) in [6.07, 6.45) is 5.07. The maximum Gasteiger partial charge on any atom is 0.316 e. The van der Waals surface area contributed by atoms with E-state index in [0.29, 0.717) is 0 Å². The average molecular weight is 311 g/mol. The first-order chi connectivity index (χ1) is 8.73. The Hall–Kier alpha value is -0.830. The molecule has 0 unspecified atom stereocenters. The Bertz CT molecular complexity index is 405. The molecule has 1 aromatic rings. The Kier molecular flexibility index (Phi) is 4.44. The normalized spacial score (nSPS) is 17.7. The van der Waals surface area contributed by atoms with Crippen molar-refractivity contribution >= 4 is 21.9 Å². The van der Waals surface area contributed by atoms with E-state index >= 15 is 0 Å². The van der Waals surface area contributed by atoms with Crippen molar-refractivity contribution in [1.29, 1.82) is 0 Å². The lowest BCUT2D eigenvalue weighted by Gasteiger charge is -2.26. The fraction of sp³-hybridized carbons (Fsp3) is 0.533. The number of halogens is 1. The van der Waals surface area contributed by atoms with E-state index in [2.05, 4.69) is 40.2 Å². The molecule has 0 aliphatic heterocycles. The molecule has 2 nitrogen and oxygen atoms in total. The van der Waals surface area contributed by atoms with Crippen LogP contribution in [0.2, 0.25) is 0 Å². The van der Waals surface area contributed by atoms with E-state index in [9.17, 15) is 4.79 Å². The minimum atomic E-state index is -0.387. The second-order valence-corrected chi connectivity index (χ2v) is 5.71. The maximum absolute atomic E-state index is 12.1. The highest BCUT2D eigenvalue weighted by Gasteiger charge is 2.43. The van der Waals surface area contributed by atoms with Gasteiger partial charge in [-0.1, -0.05) is 53.0 Å². The number of ether oxygens (including phenoxy) is 1. The summed E-state index contributed by atoms with van der Waals surface area (Å²) >= 11 is 3.44. The van der Waals surface area contributed by atoms with Gasteiger partial charge in [0.2, 0.25) is 0 Å². The van der Waals surface area contributed by atoms with Crippen LogP contribution >= 0.6 is 15.9 Å². The topological polar surface area (TPSA) is 26.3 Å². The van der Waals surface area contributed by atoms with Gasteiger partial charge >= 0.3 is 5.97 Å². The summed E-state index contributed by atoms with van der Waals surface area (Å²) < 4.78 is 5.02. The molecule has 1 aliphatic rings. The van der Waals surface area contributed by atoms with Crippen molar-refractivity contribution in [3.8, 4) is 0 Å². The molecule has 0 radical (unpaired) electrons. The van der Waals surface area contributed by atoms with E-state index in [4.69, 9.17) is 4.74 Å². The number of aryl methyl sites for hydroxylation is 1. The summed E-state index contributed by atoms with van der Waals surface area (Å²) in [4.78, 5) is 12.1. The van der Waals surface area contributed by atoms with Gasteiger partial charge in [-0.25, -0.2) is 0 Å². The molecule has 0 bridgehead atoms. The lowest BCUT2D eigenvalue weighted by molar-refractivity contribution is -0.147. The third kappa shape index (κ3) is 2.46. The van der Waals surface area contributed by atoms with Crippen LogP contribution in [0.1, 0.15) is 36.8 Å². The number of hydrogen-bond donors (Lipinski definition) is 0. The standard InChI is InChI=1S/C15H19BrO2/c1-18-14(17)15(9-2-3-10-15)13-6-4-12(5-7-13)8-11-16/h4-7H,2-3,8-11H2,1H3. The fourth-order valence-corrected chi connectivity index (χ4v) is 3.34. The second kappa shape index (κ2) is 5.87. The first-order valence-electron chi connectivity index (χ1n) is 6.47. The molecule has 0 spiro atoms. The van der Waals surface area contributed by atoms with Crippen LogP contribution in [-0.2, 0) is 21.4 Å². The quantitative estimate of drug-likeness (QED) is 0.627. The van der Waals surface area contributed by atoms with Crippen molar-refractivity contribution in [2.75, 3.05) is 12.4 Å². The summed E-state index contributed by atoms with van der Waals surface area (Å²) in [7, 11) is 1.49. The average Bonchev–Trinajstić information content (AvgIpc) is 2.90. The van der Waals surface area contributed by atoms with Gasteiger partial charge in [-0.15, -0.1) is 0 Å². The van der Waals surface area contributed by atoms with Crippen LogP contribution in [0.4, 0.5) is 0 Å². The predicted octanol–water partition coefficient (Wildman–Crippen LogP) is 3.61. The van der Waals surface area contributed by atoms with Crippen LogP contribution in [0.3, 0.4) is 0 Å². The van der Waals surface area contributed by atoms with Crippen LogP contribution in [-0.4, -0.2) is 18.4 Å². The molecule has 0 saturated heterocycles. The fourth-order valence-electron chi connectivity index (χ4n) is 2.88. The highest BCUT2D eigenvalue weighted by molar-refractivity contribution is 9.09. The van der Waals surface area contributed by atoms with Gasteiger partial charge in [0.1, 0.15) is 0 Å². The zero-order valence-corrected chi connectivity index (χ0v) is 12.3. The van der Waals surface area contributed by atoms with Crippen molar-refractivity contribution in [3.05, 3.63) is 35.4 Å². The molecule has 0 N–H and O–H groups in total.